The standard InChI is InChI=1S/C21H22N8O/c1-13(2)21(3)11-22-20(30)29(21)17-8-9-28-19(26-17)16(10-25-28)14-4-6-15(7-5-14)18-23-12-24-27-18/h4-10,12-13H,11H2,1-3H3,(H,22,30)(H,23,24,27)/t21-/m1/s1. The third-order valence-corrected chi connectivity index (χ3v) is 6.02. The molecule has 1 aliphatic rings. The van der Waals surface area contributed by atoms with E-state index in [2.05, 4.69) is 46.4 Å². The summed E-state index contributed by atoms with van der Waals surface area (Å²) in [5.41, 5.74) is 3.18. The molecule has 0 spiro atoms. The number of benzene rings is 1. The molecule has 4 aromatic rings. The maximum Gasteiger partial charge on any atom is 0.323 e. The van der Waals surface area contributed by atoms with E-state index in [-0.39, 0.29) is 17.5 Å². The van der Waals surface area contributed by atoms with Crippen molar-refractivity contribution in [3.05, 3.63) is 49.1 Å². The average molecular weight is 402 g/mol. The Morgan fingerprint density at radius 1 is 1.13 bits per heavy atom. The van der Waals surface area contributed by atoms with Crippen molar-refractivity contribution in [1.82, 2.24) is 35.1 Å². The molecule has 9 heteroatoms. The Hall–Kier alpha value is -3.75. The number of H-pyrrole nitrogens is 1. The first-order chi connectivity index (χ1) is 14.5. The maximum absolute atomic E-state index is 12.6. The fourth-order valence-corrected chi connectivity index (χ4v) is 3.81. The fourth-order valence-electron chi connectivity index (χ4n) is 3.81. The number of hydrogen-bond donors (Lipinski definition) is 2. The molecule has 152 valence electrons. The molecule has 1 fully saturated rings. The van der Waals surface area contributed by atoms with Crippen LogP contribution in [0.5, 0.6) is 0 Å². The molecule has 0 radical (unpaired) electrons. The van der Waals surface area contributed by atoms with E-state index in [0.29, 0.717) is 18.0 Å². The van der Waals surface area contributed by atoms with E-state index in [9.17, 15) is 4.79 Å². The predicted molar refractivity (Wildman–Crippen MR) is 113 cm³/mol. The summed E-state index contributed by atoms with van der Waals surface area (Å²) in [6.07, 6.45) is 5.12. The van der Waals surface area contributed by atoms with Gasteiger partial charge in [-0.15, -0.1) is 0 Å². The van der Waals surface area contributed by atoms with Gasteiger partial charge in [-0.1, -0.05) is 38.1 Å². The molecule has 30 heavy (non-hydrogen) atoms. The first-order valence-corrected chi connectivity index (χ1v) is 9.86. The largest absolute Gasteiger partial charge is 0.335 e. The zero-order valence-electron chi connectivity index (χ0n) is 17.0. The van der Waals surface area contributed by atoms with Crippen LogP contribution >= 0.6 is 0 Å². The summed E-state index contributed by atoms with van der Waals surface area (Å²) in [6, 6.07) is 9.68. The van der Waals surface area contributed by atoms with E-state index in [4.69, 9.17) is 4.98 Å². The topological polar surface area (TPSA) is 104 Å². The Balaban J connectivity index is 1.56. The summed E-state index contributed by atoms with van der Waals surface area (Å²) in [5, 5.41) is 14.1. The minimum Gasteiger partial charge on any atom is -0.335 e. The number of fused-ring (bicyclic) bond motifs is 1. The fraction of sp³-hybridized carbons (Fsp3) is 0.286. The van der Waals surface area contributed by atoms with Gasteiger partial charge in [-0.2, -0.15) is 10.2 Å². The molecule has 1 atom stereocenters. The molecule has 0 aliphatic carbocycles. The van der Waals surface area contributed by atoms with Gasteiger partial charge in [-0.05, 0) is 24.5 Å². The van der Waals surface area contributed by atoms with Gasteiger partial charge in [-0.25, -0.2) is 19.3 Å². The lowest BCUT2D eigenvalue weighted by Gasteiger charge is -2.36. The van der Waals surface area contributed by atoms with Crippen LogP contribution in [0.25, 0.3) is 28.2 Å². The highest BCUT2D eigenvalue weighted by Gasteiger charge is 2.45. The number of amides is 2. The van der Waals surface area contributed by atoms with Crippen molar-refractivity contribution in [3.8, 4) is 22.5 Å². The van der Waals surface area contributed by atoms with Crippen molar-refractivity contribution in [1.29, 1.82) is 0 Å². The SMILES string of the molecule is CC(C)[C@@]1(C)CNC(=O)N1c1ccn2ncc(-c3ccc(-c4ncn[nH]4)cc3)c2n1. The Morgan fingerprint density at radius 2 is 1.90 bits per heavy atom. The number of urea groups is 1. The van der Waals surface area contributed by atoms with Crippen molar-refractivity contribution in [3.63, 3.8) is 0 Å². The molecule has 2 amide bonds. The average Bonchev–Trinajstić information content (AvgIpc) is 3.47. The molecule has 3 aromatic heterocycles. The molecule has 9 nitrogen and oxygen atoms in total. The van der Waals surface area contributed by atoms with Crippen LogP contribution in [0.3, 0.4) is 0 Å². The minimum absolute atomic E-state index is 0.125. The van der Waals surface area contributed by atoms with Crippen molar-refractivity contribution >= 4 is 17.5 Å². The molecule has 1 aliphatic heterocycles. The zero-order valence-corrected chi connectivity index (χ0v) is 17.0. The van der Waals surface area contributed by atoms with Crippen LogP contribution in [0.15, 0.2) is 49.1 Å². The Kier molecular flexibility index (Phi) is 4.05. The van der Waals surface area contributed by atoms with Gasteiger partial charge in [0.2, 0.25) is 0 Å². The number of rotatable bonds is 4. The van der Waals surface area contributed by atoms with Crippen LogP contribution in [0.4, 0.5) is 10.6 Å². The van der Waals surface area contributed by atoms with Crippen molar-refractivity contribution in [2.45, 2.75) is 26.3 Å². The quantitative estimate of drug-likeness (QED) is 0.546. The molecule has 0 saturated carbocycles. The Bertz CT molecular complexity index is 1210. The predicted octanol–water partition coefficient (Wildman–Crippen LogP) is 3.13. The van der Waals surface area contributed by atoms with E-state index in [0.717, 1.165) is 22.5 Å². The number of carbonyl (C=O) groups is 1. The van der Waals surface area contributed by atoms with E-state index >= 15 is 0 Å². The molecule has 0 bridgehead atoms. The van der Waals surface area contributed by atoms with Gasteiger partial charge in [0.05, 0.1) is 11.7 Å². The second-order valence-corrected chi connectivity index (χ2v) is 8.03. The second-order valence-electron chi connectivity index (χ2n) is 8.03. The molecule has 4 heterocycles. The molecule has 1 saturated heterocycles. The van der Waals surface area contributed by atoms with Crippen LogP contribution in [-0.2, 0) is 0 Å². The van der Waals surface area contributed by atoms with Crippen molar-refractivity contribution in [2.24, 2.45) is 5.92 Å². The molecule has 2 N–H and O–H groups in total. The van der Waals surface area contributed by atoms with Gasteiger partial charge in [-0.3, -0.25) is 10.00 Å². The van der Waals surface area contributed by atoms with E-state index in [1.54, 1.807) is 15.6 Å². The van der Waals surface area contributed by atoms with Crippen LogP contribution in [0.2, 0.25) is 0 Å². The lowest BCUT2D eigenvalue weighted by molar-refractivity contribution is 0.249. The minimum atomic E-state index is -0.346. The highest BCUT2D eigenvalue weighted by molar-refractivity contribution is 5.95. The highest BCUT2D eigenvalue weighted by Crippen LogP contribution is 2.34. The molecular weight excluding hydrogens is 380 g/mol. The van der Waals surface area contributed by atoms with Crippen molar-refractivity contribution < 1.29 is 4.79 Å². The third kappa shape index (κ3) is 2.73. The van der Waals surface area contributed by atoms with Gasteiger partial charge in [0.1, 0.15) is 12.1 Å². The number of aromatic amines is 1. The number of hydrogen-bond acceptors (Lipinski definition) is 5. The summed E-state index contributed by atoms with van der Waals surface area (Å²) in [4.78, 5) is 23.4. The monoisotopic (exact) mass is 402 g/mol. The third-order valence-electron chi connectivity index (χ3n) is 6.02. The first kappa shape index (κ1) is 18.3. The molecule has 0 unspecified atom stereocenters. The number of carbonyl (C=O) groups excluding carboxylic acids is 1. The van der Waals surface area contributed by atoms with Gasteiger partial charge < -0.3 is 5.32 Å². The summed E-state index contributed by atoms with van der Waals surface area (Å²) in [5.74, 6) is 1.60. The zero-order chi connectivity index (χ0) is 20.9. The second kappa shape index (κ2) is 6.65. The van der Waals surface area contributed by atoms with E-state index in [1.807, 2.05) is 36.5 Å². The van der Waals surface area contributed by atoms with Crippen molar-refractivity contribution in [2.75, 3.05) is 11.4 Å². The van der Waals surface area contributed by atoms with Crippen LogP contribution in [0.1, 0.15) is 20.8 Å². The smallest absolute Gasteiger partial charge is 0.323 e. The lowest BCUT2D eigenvalue weighted by atomic mass is 9.88. The van der Waals surface area contributed by atoms with E-state index in [1.165, 1.54) is 6.33 Å². The Morgan fingerprint density at radius 3 is 2.60 bits per heavy atom. The molecule has 1 aromatic carbocycles. The Labute approximate surface area is 173 Å². The number of anilines is 1. The maximum atomic E-state index is 12.6. The summed E-state index contributed by atoms with van der Waals surface area (Å²) in [6.45, 7) is 6.91. The highest BCUT2D eigenvalue weighted by atomic mass is 16.2. The first-order valence-electron chi connectivity index (χ1n) is 9.86. The van der Waals surface area contributed by atoms with Gasteiger partial charge >= 0.3 is 6.03 Å². The van der Waals surface area contributed by atoms with Gasteiger partial charge in [0.15, 0.2) is 11.5 Å². The van der Waals surface area contributed by atoms with Crippen LogP contribution in [0, 0.1) is 5.92 Å². The summed E-state index contributed by atoms with van der Waals surface area (Å²) < 4.78 is 1.73. The summed E-state index contributed by atoms with van der Waals surface area (Å²) in [7, 11) is 0. The van der Waals surface area contributed by atoms with Gasteiger partial charge in [0.25, 0.3) is 0 Å². The number of aromatic nitrogens is 6. The van der Waals surface area contributed by atoms with E-state index < -0.39 is 0 Å². The number of nitrogens with zero attached hydrogens (tertiary/aromatic N) is 6. The molecule has 5 rings (SSSR count). The lowest BCUT2D eigenvalue weighted by Crippen LogP contribution is -2.49. The normalized spacial score (nSPS) is 19.1. The number of nitrogens with one attached hydrogen (secondary N) is 2. The summed E-state index contributed by atoms with van der Waals surface area (Å²) >= 11 is 0. The van der Waals surface area contributed by atoms with Crippen LogP contribution < -0.4 is 10.2 Å². The van der Waals surface area contributed by atoms with Gasteiger partial charge in [0, 0.05) is 23.9 Å². The molecular formula is C21H22N8O. The van der Waals surface area contributed by atoms with Crippen LogP contribution in [-0.4, -0.2) is 47.9 Å².